The molecule has 0 aromatic heterocycles. The standard InChI is InChI=1S/C16H28N2O2/c1-4-5-6-7-8-11-18-14(19)13(12-9-10-12)17-15(20)16(18,2)3/h12-13H,4-11H2,1-3H3,(H,17,20). The highest BCUT2D eigenvalue weighted by Crippen LogP contribution is 2.36. The van der Waals surface area contributed by atoms with Gasteiger partial charge in [-0.3, -0.25) is 9.59 Å². The summed E-state index contributed by atoms with van der Waals surface area (Å²) in [4.78, 5) is 26.7. The summed E-state index contributed by atoms with van der Waals surface area (Å²) in [6.07, 6.45) is 7.98. The van der Waals surface area contributed by atoms with Crippen LogP contribution in [0.2, 0.25) is 0 Å². The highest BCUT2D eigenvalue weighted by molar-refractivity contribution is 5.99. The third-order valence-electron chi connectivity index (χ3n) is 4.63. The van der Waals surface area contributed by atoms with Crippen molar-refractivity contribution in [3.8, 4) is 0 Å². The molecule has 20 heavy (non-hydrogen) atoms. The molecule has 0 radical (unpaired) electrons. The van der Waals surface area contributed by atoms with Crippen LogP contribution in [0.4, 0.5) is 0 Å². The van der Waals surface area contributed by atoms with Gasteiger partial charge in [-0.05, 0) is 39.0 Å². The van der Waals surface area contributed by atoms with Crippen molar-refractivity contribution in [1.29, 1.82) is 0 Å². The fraction of sp³-hybridized carbons (Fsp3) is 0.875. The van der Waals surface area contributed by atoms with E-state index >= 15 is 0 Å². The van der Waals surface area contributed by atoms with E-state index in [9.17, 15) is 9.59 Å². The van der Waals surface area contributed by atoms with Gasteiger partial charge in [0, 0.05) is 6.54 Å². The van der Waals surface area contributed by atoms with Gasteiger partial charge < -0.3 is 10.2 Å². The maximum absolute atomic E-state index is 12.6. The molecule has 1 aliphatic heterocycles. The number of amides is 2. The molecule has 1 atom stereocenters. The fourth-order valence-corrected chi connectivity index (χ4v) is 2.96. The van der Waals surface area contributed by atoms with E-state index in [1.165, 1.54) is 19.3 Å². The average Bonchev–Trinajstić information content (AvgIpc) is 3.21. The Bertz CT molecular complexity index is 375. The number of piperazine rings is 1. The van der Waals surface area contributed by atoms with E-state index < -0.39 is 5.54 Å². The molecule has 1 unspecified atom stereocenters. The predicted molar refractivity (Wildman–Crippen MR) is 79.2 cm³/mol. The van der Waals surface area contributed by atoms with E-state index in [-0.39, 0.29) is 17.9 Å². The summed E-state index contributed by atoms with van der Waals surface area (Å²) in [5.74, 6) is 0.514. The highest BCUT2D eigenvalue weighted by Gasteiger charge is 2.50. The molecular weight excluding hydrogens is 252 g/mol. The second-order valence-electron chi connectivity index (χ2n) is 6.75. The van der Waals surface area contributed by atoms with Crippen molar-refractivity contribution in [3.05, 3.63) is 0 Å². The minimum absolute atomic E-state index is 0.00237. The van der Waals surface area contributed by atoms with Crippen molar-refractivity contribution in [1.82, 2.24) is 10.2 Å². The van der Waals surface area contributed by atoms with Crippen molar-refractivity contribution in [2.24, 2.45) is 5.92 Å². The molecule has 2 aliphatic rings. The van der Waals surface area contributed by atoms with Gasteiger partial charge in [-0.2, -0.15) is 0 Å². The molecule has 0 aromatic rings. The van der Waals surface area contributed by atoms with E-state index in [4.69, 9.17) is 0 Å². The van der Waals surface area contributed by atoms with Gasteiger partial charge in [-0.25, -0.2) is 0 Å². The number of nitrogens with zero attached hydrogens (tertiary/aromatic N) is 1. The monoisotopic (exact) mass is 280 g/mol. The molecule has 0 bridgehead atoms. The maximum Gasteiger partial charge on any atom is 0.246 e. The molecule has 1 aliphatic carbocycles. The molecule has 1 saturated heterocycles. The van der Waals surface area contributed by atoms with Crippen molar-refractivity contribution in [3.63, 3.8) is 0 Å². The van der Waals surface area contributed by atoms with E-state index in [0.717, 1.165) is 25.7 Å². The van der Waals surface area contributed by atoms with E-state index in [2.05, 4.69) is 12.2 Å². The summed E-state index contributed by atoms with van der Waals surface area (Å²) in [5, 5.41) is 2.93. The number of rotatable bonds is 7. The molecule has 4 nitrogen and oxygen atoms in total. The fourth-order valence-electron chi connectivity index (χ4n) is 2.96. The maximum atomic E-state index is 12.6. The molecule has 2 rings (SSSR count). The van der Waals surface area contributed by atoms with Crippen molar-refractivity contribution in [2.45, 2.75) is 77.3 Å². The Labute approximate surface area is 122 Å². The lowest BCUT2D eigenvalue weighted by molar-refractivity contribution is -0.156. The number of hydrogen-bond donors (Lipinski definition) is 1. The van der Waals surface area contributed by atoms with Gasteiger partial charge in [0.25, 0.3) is 0 Å². The molecule has 0 spiro atoms. The Morgan fingerprint density at radius 1 is 1.15 bits per heavy atom. The Hall–Kier alpha value is -1.06. The van der Waals surface area contributed by atoms with E-state index in [1.54, 1.807) is 0 Å². The van der Waals surface area contributed by atoms with Crippen LogP contribution in [-0.4, -0.2) is 34.8 Å². The van der Waals surface area contributed by atoms with Gasteiger partial charge in [0.2, 0.25) is 11.8 Å². The molecule has 114 valence electrons. The second kappa shape index (κ2) is 6.15. The molecule has 2 fully saturated rings. The Balaban J connectivity index is 1.94. The van der Waals surface area contributed by atoms with Gasteiger partial charge in [0.15, 0.2) is 0 Å². The lowest BCUT2D eigenvalue weighted by atomic mass is 9.93. The minimum atomic E-state index is -0.701. The van der Waals surface area contributed by atoms with Crippen LogP contribution < -0.4 is 5.32 Å². The van der Waals surface area contributed by atoms with E-state index in [1.807, 2.05) is 18.7 Å². The summed E-state index contributed by atoms with van der Waals surface area (Å²) >= 11 is 0. The van der Waals surface area contributed by atoms with Crippen molar-refractivity contribution in [2.75, 3.05) is 6.54 Å². The van der Waals surface area contributed by atoms with Crippen LogP contribution in [0.3, 0.4) is 0 Å². The zero-order valence-electron chi connectivity index (χ0n) is 13.1. The topological polar surface area (TPSA) is 49.4 Å². The molecule has 1 saturated carbocycles. The minimum Gasteiger partial charge on any atom is -0.342 e. The first-order valence-corrected chi connectivity index (χ1v) is 8.11. The summed E-state index contributed by atoms with van der Waals surface area (Å²) < 4.78 is 0. The van der Waals surface area contributed by atoms with Crippen LogP contribution in [0.15, 0.2) is 0 Å². The summed E-state index contributed by atoms with van der Waals surface area (Å²) in [5.41, 5.74) is -0.701. The molecule has 1 heterocycles. The number of hydrogen-bond acceptors (Lipinski definition) is 2. The Morgan fingerprint density at radius 3 is 2.40 bits per heavy atom. The van der Waals surface area contributed by atoms with Crippen LogP contribution in [0.1, 0.15) is 65.7 Å². The Kier molecular flexibility index (Phi) is 4.71. The Morgan fingerprint density at radius 2 is 1.80 bits per heavy atom. The van der Waals surface area contributed by atoms with Gasteiger partial charge in [0.1, 0.15) is 11.6 Å². The van der Waals surface area contributed by atoms with Crippen LogP contribution in [0.5, 0.6) is 0 Å². The molecule has 0 aromatic carbocycles. The quantitative estimate of drug-likeness (QED) is 0.728. The number of nitrogens with one attached hydrogen (secondary N) is 1. The van der Waals surface area contributed by atoms with Gasteiger partial charge in [-0.1, -0.05) is 32.6 Å². The number of unbranched alkanes of at least 4 members (excludes halogenated alkanes) is 4. The van der Waals surface area contributed by atoms with Gasteiger partial charge >= 0.3 is 0 Å². The SMILES string of the molecule is CCCCCCCN1C(=O)C(C2CC2)NC(=O)C1(C)C. The summed E-state index contributed by atoms with van der Waals surface area (Å²) in [6.45, 7) is 6.62. The lowest BCUT2D eigenvalue weighted by Crippen LogP contribution is -2.68. The smallest absolute Gasteiger partial charge is 0.246 e. The normalized spacial score (nSPS) is 25.8. The summed E-state index contributed by atoms with van der Waals surface area (Å²) in [6, 6.07) is -0.258. The largest absolute Gasteiger partial charge is 0.342 e. The van der Waals surface area contributed by atoms with Crippen LogP contribution in [0, 0.1) is 5.92 Å². The van der Waals surface area contributed by atoms with Crippen molar-refractivity contribution >= 4 is 11.8 Å². The lowest BCUT2D eigenvalue weighted by Gasteiger charge is -2.44. The molecular formula is C16H28N2O2. The third-order valence-corrected chi connectivity index (χ3v) is 4.63. The van der Waals surface area contributed by atoms with Gasteiger partial charge in [-0.15, -0.1) is 0 Å². The molecule has 2 amide bonds. The van der Waals surface area contributed by atoms with Crippen LogP contribution in [-0.2, 0) is 9.59 Å². The first kappa shape index (κ1) is 15.3. The first-order chi connectivity index (χ1) is 9.48. The molecule has 1 N–H and O–H groups in total. The van der Waals surface area contributed by atoms with E-state index in [0.29, 0.717) is 12.5 Å². The molecule has 4 heteroatoms. The zero-order valence-corrected chi connectivity index (χ0v) is 13.1. The van der Waals surface area contributed by atoms with Crippen LogP contribution in [0.25, 0.3) is 0 Å². The average molecular weight is 280 g/mol. The second-order valence-corrected chi connectivity index (χ2v) is 6.75. The zero-order chi connectivity index (χ0) is 14.8. The predicted octanol–water partition coefficient (Wildman–Crippen LogP) is 2.47. The van der Waals surface area contributed by atoms with Crippen LogP contribution >= 0.6 is 0 Å². The van der Waals surface area contributed by atoms with Gasteiger partial charge in [0.05, 0.1) is 0 Å². The highest BCUT2D eigenvalue weighted by atomic mass is 16.2. The number of carbonyl (C=O) groups excluding carboxylic acids is 2. The van der Waals surface area contributed by atoms with Crippen molar-refractivity contribution < 1.29 is 9.59 Å². The summed E-state index contributed by atoms with van der Waals surface area (Å²) in [7, 11) is 0. The number of carbonyl (C=O) groups is 2. The first-order valence-electron chi connectivity index (χ1n) is 8.11. The third kappa shape index (κ3) is 3.15.